The van der Waals surface area contributed by atoms with E-state index in [4.69, 9.17) is 0 Å². The highest BCUT2D eigenvalue weighted by Crippen LogP contribution is 2.21. The molecule has 0 aliphatic carbocycles. The summed E-state index contributed by atoms with van der Waals surface area (Å²) in [6.45, 7) is 5.15. The van der Waals surface area contributed by atoms with Gasteiger partial charge in [0.1, 0.15) is 5.01 Å². The maximum atomic E-state index is 4.37. The van der Waals surface area contributed by atoms with Crippen molar-refractivity contribution in [1.29, 1.82) is 0 Å². The summed E-state index contributed by atoms with van der Waals surface area (Å²) in [5.74, 6) is 0.568. The van der Waals surface area contributed by atoms with Crippen molar-refractivity contribution in [2.75, 3.05) is 0 Å². The van der Waals surface area contributed by atoms with Crippen molar-refractivity contribution in [3.8, 4) is 0 Å². The van der Waals surface area contributed by atoms with Crippen molar-refractivity contribution in [2.24, 2.45) is 0 Å². The first kappa shape index (κ1) is 9.40. The van der Waals surface area contributed by atoms with Crippen molar-refractivity contribution in [3.05, 3.63) is 34.5 Å². The van der Waals surface area contributed by atoms with Gasteiger partial charge in [-0.3, -0.25) is 4.68 Å². The van der Waals surface area contributed by atoms with Crippen LogP contribution in [0.15, 0.2) is 24.7 Å². The Bertz CT molecular complexity index is 389. The highest BCUT2D eigenvalue weighted by Gasteiger charge is 2.05. The second-order valence-electron chi connectivity index (χ2n) is 3.51. The lowest BCUT2D eigenvalue weighted by atomic mass is 10.2. The molecule has 3 nitrogen and oxygen atoms in total. The maximum absolute atomic E-state index is 4.37. The standard InChI is InChI=1S/C10H13N3S/c1-8(2)9-6-11-10(14-9)7-13-5-3-4-12-13/h3-6,8H,7H2,1-2H3. The zero-order valence-electron chi connectivity index (χ0n) is 8.34. The Hall–Kier alpha value is -1.16. The van der Waals surface area contributed by atoms with E-state index < -0.39 is 0 Å². The van der Waals surface area contributed by atoms with Gasteiger partial charge in [-0.15, -0.1) is 11.3 Å². The van der Waals surface area contributed by atoms with E-state index in [1.54, 1.807) is 17.5 Å². The molecule has 4 heteroatoms. The summed E-state index contributed by atoms with van der Waals surface area (Å²) in [7, 11) is 0. The van der Waals surface area contributed by atoms with Gasteiger partial charge in [-0.05, 0) is 12.0 Å². The highest BCUT2D eigenvalue weighted by atomic mass is 32.1. The van der Waals surface area contributed by atoms with Crippen LogP contribution in [-0.4, -0.2) is 14.8 Å². The zero-order chi connectivity index (χ0) is 9.97. The van der Waals surface area contributed by atoms with Crippen LogP contribution in [-0.2, 0) is 6.54 Å². The first-order valence-corrected chi connectivity index (χ1v) is 5.49. The molecule has 0 saturated heterocycles. The summed E-state index contributed by atoms with van der Waals surface area (Å²) in [5, 5.41) is 5.27. The molecule has 2 heterocycles. The van der Waals surface area contributed by atoms with Crippen LogP contribution < -0.4 is 0 Å². The molecule has 0 aliphatic rings. The molecular weight excluding hydrogens is 194 g/mol. The molecule has 2 aromatic heterocycles. The third-order valence-electron chi connectivity index (χ3n) is 2.00. The molecule has 0 aromatic carbocycles. The van der Waals surface area contributed by atoms with Crippen molar-refractivity contribution in [2.45, 2.75) is 26.3 Å². The lowest BCUT2D eigenvalue weighted by Gasteiger charge is -1.97. The van der Waals surface area contributed by atoms with E-state index in [0.29, 0.717) is 5.92 Å². The molecule has 0 radical (unpaired) electrons. The topological polar surface area (TPSA) is 30.7 Å². The normalized spacial score (nSPS) is 11.1. The number of rotatable bonds is 3. The minimum absolute atomic E-state index is 0.568. The monoisotopic (exact) mass is 207 g/mol. The quantitative estimate of drug-likeness (QED) is 0.774. The van der Waals surface area contributed by atoms with Crippen molar-refractivity contribution < 1.29 is 0 Å². The molecule has 0 N–H and O–H groups in total. The number of thiazole rings is 1. The van der Waals surface area contributed by atoms with Gasteiger partial charge in [0.2, 0.25) is 0 Å². The van der Waals surface area contributed by atoms with Crippen LogP contribution in [0.1, 0.15) is 29.7 Å². The second-order valence-corrected chi connectivity index (χ2v) is 4.66. The molecule has 2 rings (SSSR count). The molecule has 0 atom stereocenters. The fourth-order valence-electron chi connectivity index (χ4n) is 1.20. The van der Waals surface area contributed by atoms with Gasteiger partial charge in [0, 0.05) is 23.5 Å². The number of hydrogen-bond donors (Lipinski definition) is 0. The smallest absolute Gasteiger partial charge is 0.114 e. The van der Waals surface area contributed by atoms with Gasteiger partial charge in [0.05, 0.1) is 6.54 Å². The molecule has 0 bridgehead atoms. The number of hydrogen-bond acceptors (Lipinski definition) is 3. The third kappa shape index (κ3) is 2.01. The molecule has 0 fully saturated rings. The minimum Gasteiger partial charge on any atom is -0.266 e. The van der Waals surface area contributed by atoms with Gasteiger partial charge in [-0.1, -0.05) is 13.8 Å². The summed E-state index contributed by atoms with van der Waals surface area (Å²) >= 11 is 1.77. The molecule has 0 spiro atoms. The molecule has 14 heavy (non-hydrogen) atoms. The van der Waals surface area contributed by atoms with E-state index in [-0.39, 0.29) is 0 Å². The van der Waals surface area contributed by atoms with E-state index in [1.807, 2.05) is 23.1 Å². The summed E-state index contributed by atoms with van der Waals surface area (Å²) in [6, 6.07) is 1.93. The van der Waals surface area contributed by atoms with Crippen LogP contribution in [0.5, 0.6) is 0 Å². The Morgan fingerprint density at radius 2 is 2.36 bits per heavy atom. The third-order valence-corrected chi connectivity index (χ3v) is 3.28. The van der Waals surface area contributed by atoms with Crippen LogP contribution in [0.4, 0.5) is 0 Å². The average molecular weight is 207 g/mol. The summed E-state index contributed by atoms with van der Waals surface area (Å²) in [5.41, 5.74) is 0. The van der Waals surface area contributed by atoms with Gasteiger partial charge >= 0.3 is 0 Å². The Balaban J connectivity index is 2.11. The Kier molecular flexibility index (Phi) is 2.63. The molecule has 2 aromatic rings. The van der Waals surface area contributed by atoms with Crippen LogP contribution in [0, 0.1) is 0 Å². The molecule has 0 aliphatic heterocycles. The Morgan fingerprint density at radius 1 is 1.50 bits per heavy atom. The SMILES string of the molecule is CC(C)c1cnc(Cn2cccn2)s1. The molecule has 0 unspecified atom stereocenters. The molecule has 0 amide bonds. The van der Waals surface area contributed by atoms with Gasteiger partial charge in [0.15, 0.2) is 0 Å². The minimum atomic E-state index is 0.568. The average Bonchev–Trinajstić information content (AvgIpc) is 2.75. The second kappa shape index (κ2) is 3.92. The van der Waals surface area contributed by atoms with Gasteiger partial charge in [-0.2, -0.15) is 5.10 Å². The van der Waals surface area contributed by atoms with Gasteiger partial charge in [-0.25, -0.2) is 4.98 Å². The lowest BCUT2D eigenvalue weighted by molar-refractivity contribution is 0.683. The van der Waals surface area contributed by atoms with E-state index in [0.717, 1.165) is 11.6 Å². The summed E-state index contributed by atoms with van der Waals surface area (Å²) in [4.78, 5) is 5.71. The lowest BCUT2D eigenvalue weighted by Crippen LogP contribution is -1.98. The fourth-order valence-corrected chi connectivity index (χ4v) is 2.11. The Morgan fingerprint density at radius 3 is 2.93 bits per heavy atom. The predicted molar refractivity (Wildman–Crippen MR) is 57.5 cm³/mol. The number of aromatic nitrogens is 3. The molecular formula is C10H13N3S. The van der Waals surface area contributed by atoms with Crippen molar-refractivity contribution >= 4 is 11.3 Å². The van der Waals surface area contributed by atoms with E-state index in [2.05, 4.69) is 23.9 Å². The predicted octanol–water partition coefficient (Wildman–Crippen LogP) is 2.51. The molecule has 0 saturated carbocycles. The Labute approximate surface area is 87.4 Å². The van der Waals surface area contributed by atoms with Gasteiger partial charge < -0.3 is 0 Å². The van der Waals surface area contributed by atoms with E-state index >= 15 is 0 Å². The van der Waals surface area contributed by atoms with Crippen LogP contribution in [0.25, 0.3) is 0 Å². The first-order chi connectivity index (χ1) is 6.75. The summed E-state index contributed by atoms with van der Waals surface area (Å²) in [6.07, 6.45) is 5.71. The van der Waals surface area contributed by atoms with Crippen LogP contribution >= 0.6 is 11.3 Å². The molecule has 74 valence electrons. The summed E-state index contributed by atoms with van der Waals surface area (Å²) < 4.78 is 1.89. The maximum Gasteiger partial charge on any atom is 0.114 e. The van der Waals surface area contributed by atoms with Crippen molar-refractivity contribution in [1.82, 2.24) is 14.8 Å². The van der Waals surface area contributed by atoms with E-state index in [9.17, 15) is 0 Å². The fraction of sp³-hybridized carbons (Fsp3) is 0.400. The van der Waals surface area contributed by atoms with E-state index in [1.165, 1.54) is 4.88 Å². The first-order valence-electron chi connectivity index (χ1n) is 4.67. The van der Waals surface area contributed by atoms with Crippen LogP contribution in [0.3, 0.4) is 0 Å². The largest absolute Gasteiger partial charge is 0.266 e. The van der Waals surface area contributed by atoms with Crippen LogP contribution in [0.2, 0.25) is 0 Å². The number of nitrogens with zero attached hydrogens (tertiary/aromatic N) is 3. The zero-order valence-corrected chi connectivity index (χ0v) is 9.16. The van der Waals surface area contributed by atoms with Crippen molar-refractivity contribution in [3.63, 3.8) is 0 Å². The van der Waals surface area contributed by atoms with Gasteiger partial charge in [0.25, 0.3) is 0 Å². The highest BCUT2D eigenvalue weighted by molar-refractivity contribution is 7.11.